The van der Waals surface area contributed by atoms with Crippen LogP contribution >= 0.6 is 0 Å². The van der Waals surface area contributed by atoms with Crippen molar-refractivity contribution in [2.24, 2.45) is 5.73 Å². The highest BCUT2D eigenvalue weighted by Gasteiger charge is 2.42. The predicted molar refractivity (Wildman–Crippen MR) is 78.1 cm³/mol. The monoisotopic (exact) mass is 300 g/mol. The van der Waals surface area contributed by atoms with E-state index in [9.17, 15) is 14.7 Å². The standard InChI is InChI=1S/C15H16N4O3/c16-14(21)9-2-4-10(5-3-9)15(22)18-11-8-12(20)13(11)19-7-1-6-17-19/h1-7,11-13,20H,8H2,(H2,16,21)(H,18,22). The van der Waals surface area contributed by atoms with Gasteiger partial charge in [-0.05, 0) is 36.8 Å². The third-order valence-electron chi connectivity index (χ3n) is 3.88. The molecule has 1 aromatic heterocycles. The number of amides is 2. The van der Waals surface area contributed by atoms with Gasteiger partial charge in [0, 0.05) is 23.5 Å². The molecule has 1 aliphatic carbocycles. The maximum absolute atomic E-state index is 12.2. The minimum atomic E-state index is -0.534. The summed E-state index contributed by atoms with van der Waals surface area (Å²) in [6.07, 6.45) is 3.35. The van der Waals surface area contributed by atoms with E-state index in [0.29, 0.717) is 17.5 Å². The molecule has 1 aromatic carbocycles. The van der Waals surface area contributed by atoms with Crippen molar-refractivity contribution in [2.75, 3.05) is 0 Å². The summed E-state index contributed by atoms with van der Waals surface area (Å²) in [5.74, 6) is -0.794. The molecule has 2 amide bonds. The number of hydrogen-bond donors (Lipinski definition) is 3. The molecule has 3 unspecified atom stereocenters. The first-order valence-corrected chi connectivity index (χ1v) is 6.94. The van der Waals surface area contributed by atoms with Crippen LogP contribution < -0.4 is 11.1 Å². The van der Waals surface area contributed by atoms with Gasteiger partial charge in [-0.2, -0.15) is 5.10 Å². The smallest absolute Gasteiger partial charge is 0.251 e. The van der Waals surface area contributed by atoms with E-state index in [1.54, 1.807) is 35.3 Å². The van der Waals surface area contributed by atoms with Crippen LogP contribution in [0.5, 0.6) is 0 Å². The Hall–Kier alpha value is -2.67. The van der Waals surface area contributed by atoms with Crippen molar-refractivity contribution in [3.8, 4) is 0 Å². The van der Waals surface area contributed by atoms with Gasteiger partial charge in [-0.15, -0.1) is 0 Å². The molecule has 1 aliphatic rings. The third-order valence-corrected chi connectivity index (χ3v) is 3.88. The molecule has 2 aromatic rings. The van der Waals surface area contributed by atoms with Crippen LogP contribution in [-0.2, 0) is 0 Å². The number of nitrogens with two attached hydrogens (primary N) is 1. The van der Waals surface area contributed by atoms with Gasteiger partial charge in [-0.1, -0.05) is 0 Å². The molecule has 0 radical (unpaired) electrons. The lowest BCUT2D eigenvalue weighted by Crippen LogP contribution is -2.56. The van der Waals surface area contributed by atoms with E-state index in [2.05, 4.69) is 10.4 Å². The minimum Gasteiger partial charge on any atom is -0.391 e. The van der Waals surface area contributed by atoms with Crippen molar-refractivity contribution >= 4 is 11.8 Å². The summed E-state index contributed by atoms with van der Waals surface area (Å²) in [5, 5.41) is 16.8. The Balaban J connectivity index is 1.68. The molecule has 0 aliphatic heterocycles. The maximum atomic E-state index is 12.2. The molecule has 3 atom stereocenters. The molecule has 1 heterocycles. The molecule has 1 saturated carbocycles. The minimum absolute atomic E-state index is 0.182. The molecule has 7 heteroatoms. The third kappa shape index (κ3) is 2.58. The Morgan fingerprint density at radius 2 is 1.95 bits per heavy atom. The quantitative estimate of drug-likeness (QED) is 0.743. The van der Waals surface area contributed by atoms with Crippen LogP contribution in [0.1, 0.15) is 33.2 Å². The second-order valence-corrected chi connectivity index (χ2v) is 5.30. The van der Waals surface area contributed by atoms with Gasteiger partial charge in [0.25, 0.3) is 5.91 Å². The first kappa shape index (κ1) is 14.3. The van der Waals surface area contributed by atoms with Gasteiger partial charge >= 0.3 is 0 Å². The van der Waals surface area contributed by atoms with E-state index in [0.717, 1.165) is 0 Å². The lowest BCUT2D eigenvalue weighted by atomic mass is 9.83. The summed E-state index contributed by atoms with van der Waals surface area (Å²) in [6.45, 7) is 0. The van der Waals surface area contributed by atoms with Crippen molar-refractivity contribution in [3.63, 3.8) is 0 Å². The second-order valence-electron chi connectivity index (χ2n) is 5.30. The summed E-state index contributed by atoms with van der Waals surface area (Å²) in [6, 6.07) is 7.45. The van der Waals surface area contributed by atoms with Crippen LogP contribution in [0, 0.1) is 0 Å². The number of hydrogen-bond acceptors (Lipinski definition) is 4. The number of carbonyl (C=O) groups excluding carboxylic acids is 2. The Bertz CT molecular complexity index is 681. The zero-order valence-electron chi connectivity index (χ0n) is 11.7. The van der Waals surface area contributed by atoms with Crippen molar-refractivity contribution < 1.29 is 14.7 Å². The Labute approximate surface area is 126 Å². The average molecular weight is 300 g/mol. The Kier molecular flexibility index (Phi) is 3.64. The van der Waals surface area contributed by atoms with Crippen molar-refractivity contribution in [1.82, 2.24) is 15.1 Å². The van der Waals surface area contributed by atoms with Crippen LogP contribution in [-0.4, -0.2) is 38.8 Å². The van der Waals surface area contributed by atoms with Crippen LogP contribution in [0.4, 0.5) is 0 Å². The van der Waals surface area contributed by atoms with E-state index in [4.69, 9.17) is 5.73 Å². The van der Waals surface area contributed by atoms with Gasteiger partial charge in [-0.3, -0.25) is 14.3 Å². The zero-order chi connectivity index (χ0) is 15.7. The topological polar surface area (TPSA) is 110 Å². The maximum Gasteiger partial charge on any atom is 0.251 e. The number of aliphatic hydroxyl groups excluding tert-OH is 1. The first-order valence-electron chi connectivity index (χ1n) is 6.94. The number of aromatic nitrogens is 2. The predicted octanol–water partition coefficient (Wildman–Crippen LogP) is 0.0863. The fourth-order valence-electron chi connectivity index (χ4n) is 2.61. The summed E-state index contributed by atoms with van der Waals surface area (Å²) in [7, 11) is 0. The molecular formula is C15H16N4O3. The number of benzene rings is 1. The number of nitrogens with one attached hydrogen (secondary N) is 1. The Morgan fingerprint density at radius 1 is 1.27 bits per heavy atom. The van der Waals surface area contributed by atoms with E-state index in [-0.39, 0.29) is 18.0 Å². The van der Waals surface area contributed by atoms with Crippen molar-refractivity contribution in [2.45, 2.75) is 24.6 Å². The normalized spacial score (nSPS) is 23.6. The van der Waals surface area contributed by atoms with Gasteiger partial charge < -0.3 is 16.2 Å². The summed E-state index contributed by atoms with van der Waals surface area (Å²) in [4.78, 5) is 23.2. The zero-order valence-corrected chi connectivity index (χ0v) is 11.7. The molecule has 114 valence electrons. The average Bonchev–Trinajstić information content (AvgIpc) is 2.99. The summed E-state index contributed by atoms with van der Waals surface area (Å²) < 4.78 is 1.65. The van der Waals surface area contributed by atoms with E-state index < -0.39 is 12.0 Å². The molecule has 0 bridgehead atoms. The number of rotatable bonds is 4. The fourth-order valence-corrected chi connectivity index (χ4v) is 2.61. The highest BCUT2D eigenvalue weighted by molar-refractivity contribution is 5.97. The molecular weight excluding hydrogens is 284 g/mol. The number of carbonyl (C=O) groups is 2. The SMILES string of the molecule is NC(=O)c1ccc(C(=O)NC2CC(O)C2n2cccn2)cc1. The summed E-state index contributed by atoms with van der Waals surface area (Å²) in [5.41, 5.74) is 5.95. The van der Waals surface area contributed by atoms with Gasteiger partial charge in [-0.25, -0.2) is 0 Å². The van der Waals surface area contributed by atoms with Gasteiger partial charge in [0.1, 0.15) is 0 Å². The molecule has 4 N–H and O–H groups in total. The number of aliphatic hydroxyl groups is 1. The molecule has 7 nitrogen and oxygen atoms in total. The van der Waals surface area contributed by atoms with Crippen LogP contribution in [0.15, 0.2) is 42.7 Å². The van der Waals surface area contributed by atoms with E-state index >= 15 is 0 Å². The molecule has 22 heavy (non-hydrogen) atoms. The molecule has 1 fully saturated rings. The van der Waals surface area contributed by atoms with Gasteiger partial charge in [0.15, 0.2) is 0 Å². The lowest BCUT2D eigenvalue weighted by Gasteiger charge is -2.41. The van der Waals surface area contributed by atoms with Crippen LogP contribution in [0.25, 0.3) is 0 Å². The fraction of sp³-hybridized carbons (Fsp3) is 0.267. The van der Waals surface area contributed by atoms with Crippen LogP contribution in [0.3, 0.4) is 0 Å². The second kappa shape index (κ2) is 5.61. The molecule has 0 spiro atoms. The molecule has 0 saturated heterocycles. The number of primary amides is 1. The molecule has 3 rings (SSSR count). The van der Waals surface area contributed by atoms with Gasteiger partial charge in [0.2, 0.25) is 5.91 Å². The van der Waals surface area contributed by atoms with Crippen molar-refractivity contribution in [1.29, 1.82) is 0 Å². The van der Waals surface area contributed by atoms with Gasteiger partial charge in [0.05, 0.1) is 18.2 Å². The lowest BCUT2D eigenvalue weighted by molar-refractivity contribution is -0.00588. The van der Waals surface area contributed by atoms with Crippen LogP contribution in [0.2, 0.25) is 0 Å². The largest absolute Gasteiger partial charge is 0.391 e. The van der Waals surface area contributed by atoms with E-state index in [1.807, 2.05) is 0 Å². The van der Waals surface area contributed by atoms with Crippen molar-refractivity contribution in [3.05, 3.63) is 53.9 Å². The number of nitrogens with zero attached hydrogens (tertiary/aromatic N) is 2. The highest BCUT2D eigenvalue weighted by atomic mass is 16.3. The first-order chi connectivity index (χ1) is 10.6. The Morgan fingerprint density at radius 3 is 2.50 bits per heavy atom. The van der Waals surface area contributed by atoms with E-state index in [1.165, 1.54) is 12.1 Å². The summed E-state index contributed by atoms with van der Waals surface area (Å²) >= 11 is 0. The highest BCUT2D eigenvalue weighted by Crippen LogP contribution is 2.32.